The average Bonchev–Trinajstić information content (AvgIpc) is 2.37. The van der Waals surface area contributed by atoms with Crippen LogP contribution >= 0.6 is 0 Å². The standard InChI is InChI=1S/C12H14N2O5S/c1-8(15)4-5-13-20(17,18)9-2-3-11-10(6-9)14-12(16)7-19-11/h2-3,6,13H,4-5,7H2,1H3,(H,14,16). The molecule has 7 nitrogen and oxygen atoms in total. The maximum absolute atomic E-state index is 12.0. The SMILES string of the molecule is CC(=O)CCNS(=O)(=O)c1ccc2c(c1)NC(=O)CO2. The van der Waals surface area contributed by atoms with Gasteiger partial charge in [0.1, 0.15) is 11.5 Å². The highest BCUT2D eigenvalue weighted by atomic mass is 32.2. The van der Waals surface area contributed by atoms with Crippen LogP contribution in [-0.4, -0.2) is 33.3 Å². The van der Waals surface area contributed by atoms with Gasteiger partial charge in [-0.15, -0.1) is 0 Å². The lowest BCUT2D eigenvalue weighted by Gasteiger charge is -2.18. The van der Waals surface area contributed by atoms with E-state index >= 15 is 0 Å². The van der Waals surface area contributed by atoms with Crippen LogP contribution in [0, 0.1) is 0 Å². The molecule has 0 spiro atoms. The lowest BCUT2D eigenvalue weighted by molar-refractivity contribution is -0.119. The minimum Gasteiger partial charge on any atom is -0.482 e. The number of hydrogen-bond acceptors (Lipinski definition) is 5. The van der Waals surface area contributed by atoms with Crippen LogP contribution in [0.5, 0.6) is 5.75 Å². The molecule has 1 aromatic carbocycles. The Hall–Kier alpha value is -1.93. The Labute approximate surface area is 116 Å². The van der Waals surface area contributed by atoms with Gasteiger partial charge < -0.3 is 10.1 Å². The largest absolute Gasteiger partial charge is 0.482 e. The van der Waals surface area contributed by atoms with Crippen LogP contribution in [0.2, 0.25) is 0 Å². The number of rotatable bonds is 5. The van der Waals surface area contributed by atoms with Gasteiger partial charge in [0, 0.05) is 13.0 Å². The number of ketones is 1. The van der Waals surface area contributed by atoms with Crippen molar-refractivity contribution in [2.75, 3.05) is 18.5 Å². The third kappa shape index (κ3) is 3.34. The fourth-order valence-corrected chi connectivity index (χ4v) is 2.73. The Bertz CT molecular complexity index is 654. The maximum Gasteiger partial charge on any atom is 0.262 e. The van der Waals surface area contributed by atoms with E-state index in [1.165, 1.54) is 25.1 Å². The van der Waals surface area contributed by atoms with Crippen LogP contribution in [0.4, 0.5) is 5.69 Å². The molecule has 1 aliphatic heterocycles. The number of fused-ring (bicyclic) bond motifs is 1. The first-order valence-electron chi connectivity index (χ1n) is 5.94. The molecule has 0 aliphatic carbocycles. The quantitative estimate of drug-likeness (QED) is 0.812. The van der Waals surface area contributed by atoms with Gasteiger partial charge in [0.05, 0.1) is 10.6 Å². The molecular formula is C12H14N2O5S. The number of Topliss-reactive ketones (excluding diaryl/α,β-unsaturated/α-hetero) is 1. The Morgan fingerprint density at radius 2 is 2.20 bits per heavy atom. The molecule has 0 radical (unpaired) electrons. The van der Waals surface area contributed by atoms with Gasteiger partial charge in [0.2, 0.25) is 10.0 Å². The third-order valence-electron chi connectivity index (χ3n) is 2.66. The monoisotopic (exact) mass is 298 g/mol. The second kappa shape index (κ2) is 5.59. The number of ether oxygens (including phenoxy) is 1. The van der Waals surface area contributed by atoms with Crippen molar-refractivity contribution in [3.05, 3.63) is 18.2 Å². The highest BCUT2D eigenvalue weighted by molar-refractivity contribution is 7.89. The normalized spacial score (nSPS) is 14.2. The lowest BCUT2D eigenvalue weighted by atomic mass is 10.2. The zero-order chi connectivity index (χ0) is 14.8. The summed E-state index contributed by atoms with van der Waals surface area (Å²) in [6, 6.07) is 4.18. The Morgan fingerprint density at radius 3 is 2.90 bits per heavy atom. The van der Waals surface area contributed by atoms with Crippen molar-refractivity contribution in [1.29, 1.82) is 0 Å². The molecule has 2 N–H and O–H groups in total. The molecule has 0 bridgehead atoms. The first-order chi connectivity index (χ1) is 9.38. The van der Waals surface area contributed by atoms with Gasteiger partial charge >= 0.3 is 0 Å². The molecule has 1 aromatic rings. The van der Waals surface area contributed by atoms with Gasteiger partial charge in [-0.25, -0.2) is 13.1 Å². The number of carbonyl (C=O) groups excluding carboxylic acids is 2. The smallest absolute Gasteiger partial charge is 0.262 e. The Kier molecular flexibility index (Phi) is 4.05. The molecule has 0 atom stereocenters. The number of carbonyl (C=O) groups is 2. The molecule has 20 heavy (non-hydrogen) atoms. The van der Waals surface area contributed by atoms with Gasteiger partial charge in [-0.1, -0.05) is 0 Å². The van der Waals surface area contributed by atoms with Crippen molar-refractivity contribution in [2.24, 2.45) is 0 Å². The van der Waals surface area contributed by atoms with E-state index < -0.39 is 10.0 Å². The predicted octanol–water partition coefficient (Wildman–Crippen LogP) is 0.275. The topological polar surface area (TPSA) is 102 Å². The van der Waals surface area contributed by atoms with E-state index in [1.807, 2.05) is 0 Å². The molecule has 0 saturated carbocycles. The van der Waals surface area contributed by atoms with E-state index in [2.05, 4.69) is 10.0 Å². The number of benzene rings is 1. The average molecular weight is 298 g/mol. The summed E-state index contributed by atoms with van der Waals surface area (Å²) in [4.78, 5) is 22.0. The van der Waals surface area contributed by atoms with Gasteiger partial charge in [0.25, 0.3) is 5.91 Å². The van der Waals surface area contributed by atoms with Gasteiger partial charge in [0.15, 0.2) is 6.61 Å². The van der Waals surface area contributed by atoms with Gasteiger partial charge in [-0.2, -0.15) is 0 Å². The van der Waals surface area contributed by atoms with E-state index in [-0.39, 0.29) is 36.2 Å². The second-order valence-electron chi connectivity index (χ2n) is 4.34. The van der Waals surface area contributed by atoms with E-state index in [0.717, 1.165) is 0 Å². The molecule has 0 unspecified atom stereocenters. The summed E-state index contributed by atoms with van der Waals surface area (Å²) in [6.45, 7) is 1.34. The number of hydrogen-bond donors (Lipinski definition) is 2. The zero-order valence-electron chi connectivity index (χ0n) is 10.8. The van der Waals surface area contributed by atoms with Crippen molar-refractivity contribution in [3.8, 4) is 5.75 Å². The van der Waals surface area contributed by atoms with Crippen LogP contribution in [0.15, 0.2) is 23.1 Å². The molecule has 1 heterocycles. The van der Waals surface area contributed by atoms with Crippen molar-refractivity contribution in [3.63, 3.8) is 0 Å². The van der Waals surface area contributed by atoms with E-state index in [4.69, 9.17) is 4.74 Å². The molecule has 0 saturated heterocycles. The fourth-order valence-electron chi connectivity index (χ4n) is 1.67. The van der Waals surface area contributed by atoms with Crippen LogP contribution < -0.4 is 14.8 Å². The number of amides is 1. The molecular weight excluding hydrogens is 284 g/mol. The van der Waals surface area contributed by atoms with Crippen LogP contribution in [-0.2, 0) is 19.6 Å². The van der Waals surface area contributed by atoms with Crippen LogP contribution in [0.3, 0.4) is 0 Å². The first-order valence-corrected chi connectivity index (χ1v) is 7.42. The summed E-state index contributed by atoms with van der Waals surface area (Å²) >= 11 is 0. The lowest BCUT2D eigenvalue weighted by Crippen LogP contribution is -2.28. The van der Waals surface area contributed by atoms with Crippen LogP contribution in [0.1, 0.15) is 13.3 Å². The molecule has 0 aromatic heterocycles. The number of nitrogens with one attached hydrogen (secondary N) is 2. The second-order valence-corrected chi connectivity index (χ2v) is 6.11. The Morgan fingerprint density at radius 1 is 1.45 bits per heavy atom. The molecule has 0 fully saturated rings. The van der Waals surface area contributed by atoms with Crippen molar-refractivity contribution >= 4 is 27.4 Å². The minimum atomic E-state index is -3.72. The van der Waals surface area contributed by atoms with Crippen molar-refractivity contribution < 1.29 is 22.7 Å². The summed E-state index contributed by atoms with van der Waals surface area (Å²) in [5.41, 5.74) is 0.315. The highest BCUT2D eigenvalue weighted by Crippen LogP contribution is 2.29. The summed E-state index contributed by atoms with van der Waals surface area (Å²) in [6.07, 6.45) is 0.129. The Balaban J connectivity index is 2.18. The predicted molar refractivity (Wildman–Crippen MR) is 71.1 cm³/mol. The van der Waals surface area contributed by atoms with E-state index in [0.29, 0.717) is 11.4 Å². The van der Waals surface area contributed by atoms with Crippen LogP contribution in [0.25, 0.3) is 0 Å². The maximum atomic E-state index is 12.0. The van der Waals surface area contributed by atoms with Gasteiger partial charge in [-0.05, 0) is 25.1 Å². The van der Waals surface area contributed by atoms with Crippen molar-refractivity contribution in [1.82, 2.24) is 4.72 Å². The van der Waals surface area contributed by atoms with Gasteiger partial charge in [-0.3, -0.25) is 9.59 Å². The fraction of sp³-hybridized carbons (Fsp3) is 0.333. The van der Waals surface area contributed by atoms with E-state index in [1.54, 1.807) is 0 Å². The summed E-state index contributed by atoms with van der Waals surface area (Å²) in [5, 5.41) is 2.54. The molecule has 1 aliphatic rings. The van der Waals surface area contributed by atoms with E-state index in [9.17, 15) is 18.0 Å². The summed E-state index contributed by atoms with van der Waals surface area (Å²) in [5.74, 6) is -0.0114. The number of anilines is 1. The molecule has 2 rings (SSSR count). The third-order valence-corrected chi connectivity index (χ3v) is 4.12. The molecule has 108 valence electrons. The van der Waals surface area contributed by atoms with Crippen molar-refractivity contribution in [2.45, 2.75) is 18.2 Å². The zero-order valence-corrected chi connectivity index (χ0v) is 11.6. The molecule has 8 heteroatoms. The number of sulfonamides is 1. The first kappa shape index (κ1) is 14.5. The summed E-state index contributed by atoms with van der Waals surface area (Å²) < 4.78 is 31.5. The summed E-state index contributed by atoms with van der Waals surface area (Å²) in [7, 11) is -3.72. The molecule has 1 amide bonds. The minimum absolute atomic E-state index is 0.00519. The highest BCUT2D eigenvalue weighted by Gasteiger charge is 2.20.